The Morgan fingerprint density at radius 2 is 2.17 bits per heavy atom. The van der Waals surface area contributed by atoms with Crippen molar-refractivity contribution in [2.45, 2.75) is 19.6 Å². The second-order valence-corrected chi connectivity index (χ2v) is 9.36. The molecule has 4 rings (SSSR count). The normalized spacial score (nSPS) is 16.8. The van der Waals surface area contributed by atoms with Crippen LogP contribution < -0.4 is 10.6 Å². The van der Waals surface area contributed by atoms with Crippen molar-refractivity contribution in [3.63, 3.8) is 0 Å². The van der Waals surface area contributed by atoms with Crippen molar-refractivity contribution >= 4 is 38.8 Å². The van der Waals surface area contributed by atoms with Crippen molar-refractivity contribution in [1.82, 2.24) is 14.5 Å². The Morgan fingerprint density at radius 3 is 2.83 bits per heavy atom. The molecule has 1 aromatic carbocycles. The summed E-state index contributed by atoms with van der Waals surface area (Å²) < 4.78 is 16.3. The third kappa shape index (κ3) is 4.31. The molecule has 3 aromatic rings. The topological polar surface area (TPSA) is 71.2 Å². The summed E-state index contributed by atoms with van der Waals surface area (Å²) in [4.78, 5) is 23.5. The lowest BCUT2D eigenvalue weighted by Gasteiger charge is -2.30. The first kappa shape index (κ1) is 19.9. The molecule has 2 aromatic heterocycles. The predicted octanol–water partition coefficient (Wildman–Crippen LogP) is 3.22. The van der Waals surface area contributed by atoms with E-state index >= 15 is 0 Å². The second kappa shape index (κ2) is 8.17. The second-order valence-electron chi connectivity index (χ2n) is 6.82. The number of aromatic nitrogens is 3. The fraction of sp³-hybridized carbons (Fsp3) is 0.250. The van der Waals surface area contributed by atoms with Crippen molar-refractivity contribution in [1.29, 1.82) is 0 Å². The summed E-state index contributed by atoms with van der Waals surface area (Å²) in [6.45, 7) is 2.75. The Balaban J connectivity index is 1.52. The van der Waals surface area contributed by atoms with Crippen LogP contribution in [0, 0.1) is 12.7 Å². The standard InChI is InChI=1S/C20H18BrFN4O2S/c1-12-2-3-13(8-16(12)22)15-6-7-25(10-17(15)27)19-23-11-26(20(28)24-19)9-14-4-5-18(21)29-14/h2-6,8,11,17,27H,7,9-10H2,1H3. The average Bonchev–Trinajstić information content (AvgIpc) is 3.10. The maximum absolute atomic E-state index is 13.9. The molecule has 150 valence electrons. The van der Waals surface area contributed by atoms with Gasteiger partial charge < -0.3 is 10.0 Å². The lowest BCUT2D eigenvalue weighted by atomic mass is 9.96. The van der Waals surface area contributed by atoms with E-state index in [4.69, 9.17) is 0 Å². The van der Waals surface area contributed by atoms with Crippen molar-refractivity contribution in [2.24, 2.45) is 0 Å². The molecule has 3 heterocycles. The number of hydrogen-bond acceptors (Lipinski definition) is 6. The van der Waals surface area contributed by atoms with Crippen LogP contribution in [0.4, 0.5) is 10.3 Å². The minimum absolute atomic E-state index is 0.225. The molecule has 9 heteroatoms. The molecule has 0 fully saturated rings. The zero-order chi connectivity index (χ0) is 20.5. The van der Waals surface area contributed by atoms with Gasteiger partial charge in [0.25, 0.3) is 0 Å². The van der Waals surface area contributed by atoms with Crippen molar-refractivity contribution in [3.05, 3.63) is 78.8 Å². The molecule has 0 amide bonds. The summed E-state index contributed by atoms with van der Waals surface area (Å²) >= 11 is 4.95. The first-order valence-corrected chi connectivity index (χ1v) is 10.6. The summed E-state index contributed by atoms with van der Waals surface area (Å²) in [5.74, 6) is -0.0363. The number of aliphatic hydroxyl groups excluding tert-OH is 1. The van der Waals surface area contributed by atoms with E-state index in [1.54, 1.807) is 35.3 Å². The molecule has 1 aliphatic rings. The van der Waals surface area contributed by atoms with E-state index in [2.05, 4.69) is 25.9 Å². The molecule has 1 atom stereocenters. The monoisotopic (exact) mass is 476 g/mol. The maximum Gasteiger partial charge on any atom is 0.352 e. The molecule has 0 spiro atoms. The van der Waals surface area contributed by atoms with Gasteiger partial charge in [0, 0.05) is 11.4 Å². The molecule has 6 nitrogen and oxygen atoms in total. The number of thiophene rings is 1. The van der Waals surface area contributed by atoms with Crippen LogP contribution in [-0.2, 0) is 6.54 Å². The Morgan fingerprint density at radius 1 is 1.34 bits per heavy atom. The minimum Gasteiger partial charge on any atom is -0.387 e. The lowest BCUT2D eigenvalue weighted by Crippen LogP contribution is -2.40. The Hall–Kier alpha value is -2.36. The summed E-state index contributed by atoms with van der Waals surface area (Å²) in [6.07, 6.45) is 2.45. The summed E-state index contributed by atoms with van der Waals surface area (Å²) in [5.41, 5.74) is 1.48. The molecule has 1 unspecified atom stereocenters. The van der Waals surface area contributed by atoms with Crippen LogP contribution in [0.15, 0.2) is 51.3 Å². The van der Waals surface area contributed by atoms with Crippen LogP contribution in [0.5, 0.6) is 0 Å². The van der Waals surface area contributed by atoms with Gasteiger partial charge >= 0.3 is 5.69 Å². The van der Waals surface area contributed by atoms with Gasteiger partial charge in [-0.1, -0.05) is 18.2 Å². The van der Waals surface area contributed by atoms with Gasteiger partial charge in [-0.25, -0.2) is 14.2 Å². The zero-order valence-corrected chi connectivity index (χ0v) is 18.0. The Labute approximate surface area is 179 Å². The number of halogens is 2. The zero-order valence-electron chi connectivity index (χ0n) is 15.5. The molecule has 0 radical (unpaired) electrons. The van der Waals surface area contributed by atoms with E-state index in [1.165, 1.54) is 17.0 Å². The first-order chi connectivity index (χ1) is 13.9. The number of rotatable bonds is 4. The number of benzene rings is 1. The Kier molecular flexibility index (Phi) is 5.62. The van der Waals surface area contributed by atoms with Crippen molar-refractivity contribution in [3.8, 4) is 0 Å². The van der Waals surface area contributed by atoms with Gasteiger partial charge in [0.2, 0.25) is 5.95 Å². The third-order valence-electron chi connectivity index (χ3n) is 4.78. The quantitative estimate of drug-likeness (QED) is 0.625. The van der Waals surface area contributed by atoms with Crippen molar-refractivity contribution < 1.29 is 9.50 Å². The molecular formula is C20H18BrFN4O2S. The molecule has 29 heavy (non-hydrogen) atoms. The molecule has 0 aliphatic carbocycles. The van der Waals surface area contributed by atoms with Crippen molar-refractivity contribution in [2.75, 3.05) is 18.0 Å². The number of aliphatic hydroxyl groups is 1. The van der Waals surface area contributed by atoms with Crippen LogP contribution in [0.1, 0.15) is 16.0 Å². The molecular weight excluding hydrogens is 459 g/mol. The summed E-state index contributed by atoms with van der Waals surface area (Å²) in [5, 5.41) is 10.6. The van der Waals surface area contributed by atoms with Crippen LogP contribution in [0.3, 0.4) is 0 Å². The SMILES string of the molecule is Cc1ccc(C2=CCN(c3ncn(Cc4ccc(Br)s4)c(=O)n3)CC2O)cc1F. The van der Waals surface area contributed by atoms with Gasteiger partial charge in [0.1, 0.15) is 12.1 Å². The van der Waals surface area contributed by atoms with E-state index in [0.29, 0.717) is 29.8 Å². The lowest BCUT2D eigenvalue weighted by molar-refractivity contribution is 0.233. The van der Waals surface area contributed by atoms with Crippen LogP contribution in [-0.4, -0.2) is 38.8 Å². The average molecular weight is 477 g/mol. The van der Waals surface area contributed by atoms with Gasteiger partial charge in [-0.2, -0.15) is 4.98 Å². The molecule has 0 saturated carbocycles. The summed E-state index contributed by atoms with van der Waals surface area (Å²) in [7, 11) is 0. The van der Waals surface area contributed by atoms with E-state index in [9.17, 15) is 14.3 Å². The molecule has 1 aliphatic heterocycles. The van der Waals surface area contributed by atoms with E-state index < -0.39 is 11.8 Å². The Bertz CT molecular complexity index is 1140. The number of hydrogen-bond donors (Lipinski definition) is 1. The molecule has 1 N–H and O–H groups in total. The predicted molar refractivity (Wildman–Crippen MR) is 115 cm³/mol. The highest BCUT2D eigenvalue weighted by Gasteiger charge is 2.24. The van der Waals surface area contributed by atoms with Gasteiger partial charge in [-0.05, 0) is 57.8 Å². The summed E-state index contributed by atoms with van der Waals surface area (Å²) in [6, 6.07) is 8.79. The van der Waals surface area contributed by atoms with Gasteiger partial charge in [-0.3, -0.25) is 4.57 Å². The van der Waals surface area contributed by atoms with E-state index in [1.807, 2.05) is 18.2 Å². The fourth-order valence-corrected chi connectivity index (χ4v) is 4.67. The van der Waals surface area contributed by atoms with Crippen LogP contribution in [0.2, 0.25) is 0 Å². The fourth-order valence-electron chi connectivity index (χ4n) is 3.19. The minimum atomic E-state index is -0.833. The van der Waals surface area contributed by atoms with E-state index in [-0.39, 0.29) is 18.3 Å². The largest absolute Gasteiger partial charge is 0.387 e. The van der Waals surface area contributed by atoms with E-state index in [0.717, 1.165) is 8.66 Å². The van der Waals surface area contributed by atoms with Crippen LogP contribution >= 0.6 is 27.3 Å². The van der Waals surface area contributed by atoms with Gasteiger partial charge in [0.05, 0.1) is 23.0 Å². The van der Waals surface area contributed by atoms with Crippen LogP contribution in [0.25, 0.3) is 5.57 Å². The number of aryl methyl sites for hydroxylation is 1. The van der Waals surface area contributed by atoms with Gasteiger partial charge in [-0.15, -0.1) is 11.3 Å². The third-order valence-corrected chi connectivity index (χ3v) is 6.39. The molecule has 0 bridgehead atoms. The number of anilines is 1. The highest BCUT2D eigenvalue weighted by Crippen LogP contribution is 2.26. The number of nitrogens with zero attached hydrogens (tertiary/aromatic N) is 4. The highest BCUT2D eigenvalue weighted by molar-refractivity contribution is 9.11. The maximum atomic E-state index is 13.9. The molecule has 0 saturated heterocycles. The van der Waals surface area contributed by atoms with Gasteiger partial charge in [0.15, 0.2) is 0 Å². The smallest absolute Gasteiger partial charge is 0.352 e. The highest BCUT2D eigenvalue weighted by atomic mass is 79.9. The number of β-amino-alcohol motifs (C(OH)–C–C–N with tert-alkyl or cyclic N) is 1. The first-order valence-electron chi connectivity index (χ1n) is 8.98.